The zero-order chi connectivity index (χ0) is 15.9. The number of nitrogen functional groups attached to an aromatic ring is 1. The Hall–Kier alpha value is -2.30. The van der Waals surface area contributed by atoms with E-state index in [-0.39, 0.29) is 12.5 Å². The lowest BCUT2D eigenvalue weighted by molar-refractivity contribution is -0.144. The third-order valence-electron chi connectivity index (χ3n) is 3.38. The van der Waals surface area contributed by atoms with Gasteiger partial charge in [0.25, 0.3) is 0 Å². The predicted octanol–water partition coefficient (Wildman–Crippen LogP) is 2.57. The first kappa shape index (κ1) is 16.1. The molecule has 2 rings (SSSR count). The van der Waals surface area contributed by atoms with Crippen LogP contribution in [0, 0.1) is 0 Å². The maximum absolute atomic E-state index is 11.6. The number of aromatic nitrogens is 2. The molecule has 0 saturated carbocycles. The highest BCUT2D eigenvalue weighted by molar-refractivity contribution is 5.69. The van der Waals surface area contributed by atoms with Crippen LogP contribution in [0.5, 0.6) is 0 Å². The highest BCUT2D eigenvalue weighted by Crippen LogP contribution is 2.16. The molecule has 0 fully saturated rings. The fraction of sp³-hybridized carbons (Fsp3) is 0.412. The first-order valence-corrected chi connectivity index (χ1v) is 7.67. The topological polar surface area (TPSA) is 70.1 Å². The van der Waals surface area contributed by atoms with Crippen LogP contribution in [-0.2, 0) is 28.9 Å². The molecular formula is C17H23N3O2. The van der Waals surface area contributed by atoms with E-state index >= 15 is 0 Å². The van der Waals surface area contributed by atoms with Crippen LogP contribution in [0.4, 0.5) is 5.69 Å². The summed E-state index contributed by atoms with van der Waals surface area (Å²) in [5.41, 5.74) is 9.85. The van der Waals surface area contributed by atoms with E-state index in [0.717, 1.165) is 36.2 Å². The number of hydrogen-bond acceptors (Lipinski definition) is 4. The minimum absolute atomic E-state index is 0.159. The fourth-order valence-corrected chi connectivity index (χ4v) is 2.37. The zero-order valence-electron chi connectivity index (χ0n) is 13.2. The Morgan fingerprint density at radius 3 is 2.64 bits per heavy atom. The van der Waals surface area contributed by atoms with Crippen molar-refractivity contribution in [2.45, 2.75) is 39.7 Å². The molecule has 5 heteroatoms. The van der Waals surface area contributed by atoms with Crippen LogP contribution in [-0.4, -0.2) is 22.4 Å². The van der Waals surface area contributed by atoms with Gasteiger partial charge in [0.05, 0.1) is 12.3 Å². The number of nitrogens with two attached hydrogens (primary N) is 1. The van der Waals surface area contributed by atoms with Crippen LogP contribution in [0.2, 0.25) is 0 Å². The summed E-state index contributed by atoms with van der Waals surface area (Å²) in [6, 6.07) is 7.84. The molecule has 22 heavy (non-hydrogen) atoms. The van der Waals surface area contributed by atoms with Crippen LogP contribution in [0.3, 0.4) is 0 Å². The van der Waals surface area contributed by atoms with E-state index in [0.29, 0.717) is 6.61 Å². The average molecular weight is 301 g/mol. The van der Waals surface area contributed by atoms with Crippen molar-refractivity contribution in [3.63, 3.8) is 0 Å². The highest BCUT2D eigenvalue weighted by atomic mass is 16.5. The smallest absolute Gasteiger partial charge is 0.327 e. The zero-order valence-corrected chi connectivity index (χ0v) is 13.2. The van der Waals surface area contributed by atoms with E-state index in [2.05, 4.69) is 12.0 Å². The molecule has 5 nitrogen and oxygen atoms in total. The van der Waals surface area contributed by atoms with Gasteiger partial charge in [0.2, 0.25) is 0 Å². The van der Waals surface area contributed by atoms with Crippen molar-refractivity contribution in [2.24, 2.45) is 0 Å². The lowest BCUT2D eigenvalue weighted by atomic mass is 10.0. The largest absolute Gasteiger partial charge is 0.465 e. The molecule has 0 atom stereocenters. The van der Waals surface area contributed by atoms with Gasteiger partial charge in [-0.25, -0.2) is 0 Å². The molecule has 0 bridgehead atoms. The first-order valence-electron chi connectivity index (χ1n) is 7.67. The Kier molecular flexibility index (Phi) is 5.58. The van der Waals surface area contributed by atoms with Crippen molar-refractivity contribution in [1.82, 2.24) is 9.78 Å². The summed E-state index contributed by atoms with van der Waals surface area (Å²) in [6.07, 6.45) is 4.65. The minimum atomic E-state index is -0.257. The molecule has 1 heterocycles. The van der Waals surface area contributed by atoms with Crippen molar-refractivity contribution in [3.05, 3.63) is 47.3 Å². The van der Waals surface area contributed by atoms with Gasteiger partial charge in [-0.3, -0.25) is 9.48 Å². The molecule has 1 aromatic heterocycles. The van der Waals surface area contributed by atoms with Crippen LogP contribution in [0.15, 0.2) is 30.5 Å². The van der Waals surface area contributed by atoms with Crippen LogP contribution < -0.4 is 5.73 Å². The second kappa shape index (κ2) is 7.64. The maximum atomic E-state index is 11.6. The number of aryl methyl sites for hydroxylation is 1. The number of ether oxygens (including phenoxy) is 1. The molecular weight excluding hydrogens is 278 g/mol. The summed E-state index contributed by atoms with van der Waals surface area (Å²) in [4.78, 5) is 11.6. The number of carbonyl (C=O) groups is 1. The number of anilines is 1. The van der Waals surface area contributed by atoms with E-state index in [4.69, 9.17) is 10.5 Å². The lowest BCUT2D eigenvalue weighted by Gasteiger charge is -2.02. The number of carbonyl (C=O) groups excluding carboxylic acids is 1. The minimum Gasteiger partial charge on any atom is -0.465 e. The van der Waals surface area contributed by atoms with Crippen molar-refractivity contribution >= 4 is 11.7 Å². The molecule has 1 aromatic carbocycles. The van der Waals surface area contributed by atoms with E-state index in [1.165, 1.54) is 5.56 Å². The van der Waals surface area contributed by atoms with Gasteiger partial charge in [0.1, 0.15) is 6.54 Å². The summed E-state index contributed by atoms with van der Waals surface area (Å²) in [7, 11) is 0. The molecule has 0 spiro atoms. The van der Waals surface area contributed by atoms with E-state index < -0.39 is 0 Å². The summed E-state index contributed by atoms with van der Waals surface area (Å²) >= 11 is 0. The fourth-order valence-electron chi connectivity index (χ4n) is 2.37. The second-order valence-corrected chi connectivity index (χ2v) is 5.27. The quantitative estimate of drug-likeness (QED) is 0.630. The molecule has 0 unspecified atom stereocenters. The molecule has 0 saturated heterocycles. The van der Waals surface area contributed by atoms with E-state index in [9.17, 15) is 4.79 Å². The Morgan fingerprint density at radius 2 is 2.00 bits per heavy atom. The van der Waals surface area contributed by atoms with Crippen molar-refractivity contribution < 1.29 is 9.53 Å². The number of rotatable bonds is 7. The standard InChI is InChI=1S/C17H23N3O2/c1-3-5-16-14(10-13-6-8-15(18)9-7-13)11-20(19-16)12-17(21)22-4-2/h6-9,11H,3-5,10,12,18H2,1-2H3. The molecule has 0 aliphatic heterocycles. The third-order valence-corrected chi connectivity index (χ3v) is 3.38. The van der Waals surface area contributed by atoms with Gasteiger partial charge in [-0.05, 0) is 36.6 Å². The van der Waals surface area contributed by atoms with Gasteiger partial charge < -0.3 is 10.5 Å². The third kappa shape index (κ3) is 4.35. The average Bonchev–Trinajstić information content (AvgIpc) is 2.83. The summed E-state index contributed by atoms with van der Waals surface area (Å²) in [6.45, 7) is 4.47. The summed E-state index contributed by atoms with van der Waals surface area (Å²) in [5, 5.41) is 4.53. The SMILES string of the molecule is CCCc1nn(CC(=O)OCC)cc1Cc1ccc(N)cc1. The maximum Gasteiger partial charge on any atom is 0.327 e. The van der Waals surface area contributed by atoms with Gasteiger partial charge in [-0.1, -0.05) is 25.5 Å². The van der Waals surface area contributed by atoms with Crippen molar-refractivity contribution in [1.29, 1.82) is 0 Å². The molecule has 118 valence electrons. The van der Waals surface area contributed by atoms with Crippen LogP contribution >= 0.6 is 0 Å². The molecule has 0 radical (unpaired) electrons. The Bertz CT molecular complexity index is 617. The van der Waals surface area contributed by atoms with Gasteiger partial charge >= 0.3 is 5.97 Å². The first-order chi connectivity index (χ1) is 10.6. The Labute approximate surface area is 131 Å². The number of hydrogen-bond donors (Lipinski definition) is 1. The van der Waals surface area contributed by atoms with Gasteiger partial charge in [-0.2, -0.15) is 5.10 Å². The Morgan fingerprint density at radius 1 is 1.27 bits per heavy atom. The molecule has 0 aliphatic rings. The monoisotopic (exact) mass is 301 g/mol. The predicted molar refractivity (Wildman–Crippen MR) is 86.5 cm³/mol. The van der Waals surface area contributed by atoms with Crippen LogP contribution in [0.1, 0.15) is 37.1 Å². The lowest BCUT2D eigenvalue weighted by Crippen LogP contribution is -2.13. The number of esters is 1. The van der Waals surface area contributed by atoms with Crippen LogP contribution in [0.25, 0.3) is 0 Å². The van der Waals surface area contributed by atoms with Gasteiger partial charge in [0, 0.05) is 18.3 Å². The van der Waals surface area contributed by atoms with Crippen molar-refractivity contribution in [3.8, 4) is 0 Å². The van der Waals surface area contributed by atoms with Crippen molar-refractivity contribution in [2.75, 3.05) is 12.3 Å². The summed E-state index contributed by atoms with van der Waals surface area (Å²) in [5.74, 6) is -0.257. The normalized spacial score (nSPS) is 10.6. The number of nitrogens with zero attached hydrogens (tertiary/aromatic N) is 2. The van der Waals surface area contributed by atoms with Gasteiger partial charge in [-0.15, -0.1) is 0 Å². The highest BCUT2D eigenvalue weighted by Gasteiger charge is 2.12. The molecule has 0 amide bonds. The van der Waals surface area contributed by atoms with E-state index in [1.54, 1.807) is 11.6 Å². The molecule has 2 N–H and O–H groups in total. The second-order valence-electron chi connectivity index (χ2n) is 5.27. The summed E-state index contributed by atoms with van der Waals surface area (Å²) < 4.78 is 6.65. The Balaban J connectivity index is 2.15. The van der Waals surface area contributed by atoms with E-state index in [1.807, 2.05) is 30.5 Å². The number of benzene rings is 1. The molecule has 0 aliphatic carbocycles. The van der Waals surface area contributed by atoms with Gasteiger partial charge in [0.15, 0.2) is 0 Å². The molecule has 2 aromatic rings.